The molecule has 3 rings (SSSR count). The molecule has 154 valence electrons. The highest BCUT2D eigenvalue weighted by molar-refractivity contribution is 5.85. The second-order valence-corrected chi connectivity index (χ2v) is 6.48. The van der Waals surface area contributed by atoms with Gasteiger partial charge >= 0.3 is 0 Å². The zero-order valence-corrected chi connectivity index (χ0v) is 17.0. The molecule has 6 heteroatoms. The lowest BCUT2D eigenvalue weighted by atomic mass is 10.1. The minimum absolute atomic E-state index is 0.195. The lowest BCUT2D eigenvalue weighted by molar-refractivity contribution is -0.120. The van der Waals surface area contributed by atoms with E-state index in [0.29, 0.717) is 29.4 Å². The molecule has 0 heterocycles. The lowest BCUT2D eigenvalue weighted by Gasteiger charge is -2.15. The van der Waals surface area contributed by atoms with Crippen molar-refractivity contribution in [3.05, 3.63) is 89.5 Å². The first-order chi connectivity index (χ1) is 14.7. The Hall–Kier alpha value is -3.80. The van der Waals surface area contributed by atoms with Crippen molar-refractivity contribution in [2.75, 3.05) is 14.2 Å². The maximum absolute atomic E-state index is 12.0. The number of carbonyl (C=O) groups excluding carboxylic acids is 1. The van der Waals surface area contributed by atoms with E-state index in [1.807, 2.05) is 60.7 Å². The molecule has 0 saturated heterocycles. The summed E-state index contributed by atoms with van der Waals surface area (Å²) in [4.78, 5) is 12.0. The standard InChI is InChI=1S/C24H24N2O4/c1-28-21-13-20(16-25-26-23(27)15-18-9-5-3-6-10-18)14-22(29-2)24(21)30-17-19-11-7-4-8-12-19/h3-14,16H,15,17H2,1-2H3,(H,26,27). The lowest BCUT2D eigenvalue weighted by Crippen LogP contribution is -2.19. The fourth-order valence-electron chi connectivity index (χ4n) is 2.85. The van der Waals surface area contributed by atoms with Gasteiger partial charge < -0.3 is 14.2 Å². The molecule has 6 nitrogen and oxygen atoms in total. The van der Waals surface area contributed by atoms with Crippen LogP contribution in [0.4, 0.5) is 0 Å². The first-order valence-corrected chi connectivity index (χ1v) is 9.48. The Bertz CT molecular complexity index is 964. The number of hydrogen-bond acceptors (Lipinski definition) is 5. The predicted molar refractivity (Wildman–Crippen MR) is 116 cm³/mol. The highest BCUT2D eigenvalue weighted by atomic mass is 16.5. The van der Waals surface area contributed by atoms with E-state index >= 15 is 0 Å². The summed E-state index contributed by atoms with van der Waals surface area (Å²) >= 11 is 0. The molecule has 0 unspecified atom stereocenters. The van der Waals surface area contributed by atoms with Gasteiger partial charge in [0.05, 0.1) is 26.9 Å². The molecule has 0 aliphatic heterocycles. The van der Waals surface area contributed by atoms with Crippen LogP contribution in [0.15, 0.2) is 77.9 Å². The van der Waals surface area contributed by atoms with E-state index in [-0.39, 0.29) is 12.3 Å². The van der Waals surface area contributed by atoms with Crippen LogP contribution in [-0.4, -0.2) is 26.3 Å². The SMILES string of the molecule is COc1cc(C=NNC(=O)Cc2ccccc2)cc(OC)c1OCc1ccccc1. The molecule has 3 aromatic rings. The Morgan fingerprint density at radius 3 is 2.03 bits per heavy atom. The molecule has 0 radical (unpaired) electrons. The number of rotatable bonds is 9. The predicted octanol–water partition coefficient (Wildman–Crippen LogP) is 3.98. The quantitative estimate of drug-likeness (QED) is 0.433. The van der Waals surface area contributed by atoms with E-state index in [4.69, 9.17) is 14.2 Å². The largest absolute Gasteiger partial charge is 0.493 e. The van der Waals surface area contributed by atoms with Crippen LogP contribution in [0.2, 0.25) is 0 Å². The van der Waals surface area contributed by atoms with Gasteiger partial charge in [-0.2, -0.15) is 5.10 Å². The van der Waals surface area contributed by atoms with E-state index in [9.17, 15) is 4.79 Å². The Morgan fingerprint density at radius 1 is 0.900 bits per heavy atom. The monoisotopic (exact) mass is 404 g/mol. The van der Waals surface area contributed by atoms with Crippen molar-refractivity contribution in [3.63, 3.8) is 0 Å². The summed E-state index contributed by atoms with van der Waals surface area (Å²) in [5.74, 6) is 1.35. The number of nitrogens with one attached hydrogen (secondary N) is 1. The van der Waals surface area contributed by atoms with Crippen LogP contribution in [0.5, 0.6) is 17.2 Å². The van der Waals surface area contributed by atoms with Crippen LogP contribution in [0.25, 0.3) is 0 Å². The van der Waals surface area contributed by atoms with Crippen molar-refractivity contribution in [3.8, 4) is 17.2 Å². The van der Waals surface area contributed by atoms with Crippen molar-refractivity contribution in [2.45, 2.75) is 13.0 Å². The number of benzene rings is 3. The van der Waals surface area contributed by atoms with E-state index < -0.39 is 0 Å². The molecule has 0 saturated carbocycles. The number of hydrogen-bond donors (Lipinski definition) is 1. The smallest absolute Gasteiger partial charge is 0.244 e. The molecular weight excluding hydrogens is 380 g/mol. The molecule has 30 heavy (non-hydrogen) atoms. The molecule has 0 fully saturated rings. The van der Waals surface area contributed by atoms with Gasteiger partial charge in [-0.15, -0.1) is 0 Å². The second-order valence-electron chi connectivity index (χ2n) is 6.48. The van der Waals surface area contributed by atoms with Crippen molar-refractivity contribution in [1.29, 1.82) is 0 Å². The first-order valence-electron chi connectivity index (χ1n) is 9.48. The highest BCUT2D eigenvalue weighted by Crippen LogP contribution is 2.38. The van der Waals surface area contributed by atoms with Crippen molar-refractivity contribution >= 4 is 12.1 Å². The summed E-state index contributed by atoms with van der Waals surface area (Å²) in [7, 11) is 3.12. The normalized spacial score (nSPS) is 10.6. The zero-order chi connectivity index (χ0) is 21.2. The van der Waals surface area contributed by atoms with Crippen LogP contribution in [-0.2, 0) is 17.8 Å². The summed E-state index contributed by atoms with van der Waals surface area (Å²) in [5.41, 5.74) is 5.20. The Kier molecular flexibility index (Phi) is 7.44. The first kappa shape index (κ1) is 20.9. The molecule has 3 aromatic carbocycles. The van der Waals surface area contributed by atoms with Crippen LogP contribution >= 0.6 is 0 Å². The Morgan fingerprint density at radius 2 is 1.47 bits per heavy atom. The molecule has 1 amide bonds. The van der Waals surface area contributed by atoms with Gasteiger partial charge in [0.2, 0.25) is 11.7 Å². The fraction of sp³-hybridized carbons (Fsp3) is 0.167. The fourth-order valence-corrected chi connectivity index (χ4v) is 2.85. The molecule has 1 N–H and O–H groups in total. The number of ether oxygens (including phenoxy) is 3. The highest BCUT2D eigenvalue weighted by Gasteiger charge is 2.14. The molecule has 0 aromatic heterocycles. The second kappa shape index (κ2) is 10.7. The van der Waals surface area contributed by atoms with Gasteiger partial charge in [0, 0.05) is 5.56 Å². The van der Waals surface area contributed by atoms with Gasteiger partial charge in [-0.3, -0.25) is 4.79 Å². The van der Waals surface area contributed by atoms with Crippen molar-refractivity contribution in [2.24, 2.45) is 5.10 Å². The topological polar surface area (TPSA) is 69.2 Å². The Labute approximate surface area is 176 Å². The molecular formula is C24H24N2O4. The summed E-state index contributed by atoms with van der Waals surface area (Å²) < 4.78 is 16.9. The molecule has 0 spiro atoms. The van der Waals surface area contributed by atoms with E-state index in [1.54, 1.807) is 26.4 Å². The summed E-state index contributed by atoms with van der Waals surface area (Å²) in [6.07, 6.45) is 1.80. The third-order valence-corrected chi connectivity index (χ3v) is 4.32. The minimum atomic E-state index is -0.195. The minimum Gasteiger partial charge on any atom is -0.493 e. The van der Waals surface area contributed by atoms with Gasteiger partial charge in [-0.1, -0.05) is 60.7 Å². The average molecular weight is 404 g/mol. The van der Waals surface area contributed by atoms with Crippen molar-refractivity contribution in [1.82, 2.24) is 5.43 Å². The molecule has 0 atom stereocenters. The number of methoxy groups -OCH3 is 2. The maximum atomic E-state index is 12.0. The van der Waals surface area contributed by atoms with Crippen molar-refractivity contribution < 1.29 is 19.0 Å². The summed E-state index contributed by atoms with van der Waals surface area (Å²) in [6, 6.07) is 22.9. The van der Waals surface area contributed by atoms with E-state index in [0.717, 1.165) is 11.1 Å². The van der Waals surface area contributed by atoms with Crippen LogP contribution < -0.4 is 19.6 Å². The summed E-state index contributed by atoms with van der Waals surface area (Å²) in [5, 5.41) is 4.04. The van der Waals surface area contributed by atoms with E-state index in [1.165, 1.54) is 6.21 Å². The van der Waals surface area contributed by atoms with Gasteiger partial charge in [0.25, 0.3) is 0 Å². The van der Waals surface area contributed by atoms with Crippen LogP contribution in [0.3, 0.4) is 0 Å². The van der Waals surface area contributed by atoms with Crippen LogP contribution in [0.1, 0.15) is 16.7 Å². The molecule has 0 aliphatic rings. The van der Waals surface area contributed by atoms with Gasteiger partial charge in [-0.25, -0.2) is 5.43 Å². The zero-order valence-electron chi connectivity index (χ0n) is 17.0. The number of carbonyl (C=O) groups is 1. The summed E-state index contributed by atoms with van der Waals surface area (Å²) in [6.45, 7) is 0.385. The Balaban J connectivity index is 1.67. The van der Waals surface area contributed by atoms with Crippen LogP contribution in [0, 0.1) is 0 Å². The number of amides is 1. The number of nitrogens with zero attached hydrogens (tertiary/aromatic N) is 1. The third kappa shape index (κ3) is 5.85. The van der Waals surface area contributed by atoms with Gasteiger partial charge in [0.15, 0.2) is 11.5 Å². The van der Waals surface area contributed by atoms with Gasteiger partial charge in [-0.05, 0) is 23.3 Å². The average Bonchev–Trinajstić information content (AvgIpc) is 2.78. The van der Waals surface area contributed by atoms with Gasteiger partial charge in [0.1, 0.15) is 6.61 Å². The molecule has 0 aliphatic carbocycles. The number of hydrazone groups is 1. The third-order valence-electron chi connectivity index (χ3n) is 4.32. The maximum Gasteiger partial charge on any atom is 0.244 e. The molecule has 0 bridgehead atoms. The van der Waals surface area contributed by atoms with E-state index in [2.05, 4.69) is 10.5 Å².